The van der Waals surface area contributed by atoms with Gasteiger partial charge in [0, 0.05) is 32.7 Å². The number of rotatable bonds is 4. The molecule has 0 radical (unpaired) electrons. The lowest BCUT2D eigenvalue weighted by Crippen LogP contribution is -2.55. The number of hydrogen-bond donors (Lipinski definition) is 2. The highest BCUT2D eigenvalue weighted by molar-refractivity contribution is 5.82. The van der Waals surface area contributed by atoms with E-state index in [0.29, 0.717) is 19.0 Å². The zero-order valence-corrected chi connectivity index (χ0v) is 12.5. The molecule has 0 aliphatic carbocycles. The fourth-order valence-electron chi connectivity index (χ4n) is 2.94. The van der Waals surface area contributed by atoms with Crippen molar-refractivity contribution in [2.24, 2.45) is 5.92 Å². The second kappa shape index (κ2) is 7.04. The molecule has 2 aliphatic rings. The largest absolute Gasteiger partial charge is 0.355 e. The van der Waals surface area contributed by atoms with Gasteiger partial charge in [0.2, 0.25) is 11.8 Å². The van der Waals surface area contributed by atoms with E-state index in [2.05, 4.69) is 22.5 Å². The normalized spacial score (nSPS) is 27.6. The zero-order valence-electron chi connectivity index (χ0n) is 12.5. The molecule has 0 aromatic rings. The molecule has 2 N–H and O–H groups in total. The minimum atomic E-state index is -0.00931. The number of nitrogens with zero attached hydrogens (tertiary/aromatic N) is 2. The Morgan fingerprint density at radius 3 is 2.50 bits per heavy atom. The lowest BCUT2D eigenvalue weighted by atomic mass is 10.0. The summed E-state index contributed by atoms with van der Waals surface area (Å²) in [6.45, 7) is 9.11. The lowest BCUT2D eigenvalue weighted by molar-refractivity contribution is -0.135. The smallest absolute Gasteiger partial charge is 0.240 e. The summed E-state index contributed by atoms with van der Waals surface area (Å²) in [5.74, 6) is 0.724. The molecule has 2 aliphatic heterocycles. The summed E-state index contributed by atoms with van der Waals surface area (Å²) < 4.78 is 0. The minimum Gasteiger partial charge on any atom is -0.355 e. The minimum absolute atomic E-state index is 0.00931. The molecule has 0 aromatic carbocycles. The summed E-state index contributed by atoms with van der Waals surface area (Å²) >= 11 is 0. The Kier molecular flexibility index (Phi) is 5.37. The van der Waals surface area contributed by atoms with Gasteiger partial charge < -0.3 is 15.5 Å². The van der Waals surface area contributed by atoms with Crippen LogP contribution in [0.25, 0.3) is 0 Å². The Morgan fingerprint density at radius 1 is 1.25 bits per heavy atom. The maximum Gasteiger partial charge on any atom is 0.240 e. The average molecular weight is 282 g/mol. The summed E-state index contributed by atoms with van der Waals surface area (Å²) in [5, 5.41) is 6.10. The van der Waals surface area contributed by atoms with Crippen molar-refractivity contribution in [2.75, 3.05) is 45.8 Å². The highest BCUT2D eigenvalue weighted by atomic mass is 16.2. The van der Waals surface area contributed by atoms with E-state index in [0.717, 1.165) is 39.1 Å². The van der Waals surface area contributed by atoms with Crippen molar-refractivity contribution < 1.29 is 9.59 Å². The van der Waals surface area contributed by atoms with Crippen LogP contribution in [0.1, 0.15) is 20.3 Å². The van der Waals surface area contributed by atoms with Crippen LogP contribution in [-0.4, -0.2) is 73.5 Å². The number of carbonyl (C=O) groups is 2. The zero-order chi connectivity index (χ0) is 14.5. The summed E-state index contributed by atoms with van der Waals surface area (Å²) in [5.41, 5.74) is 0. The quantitative estimate of drug-likeness (QED) is 0.713. The average Bonchev–Trinajstić information content (AvgIpc) is 2.85. The summed E-state index contributed by atoms with van der Waals surface area (Å²) in [6, 6.07) is -0.00931. The van der Waals surface area contributed by atoms with Crippen LogP contribution in [0.15, 0.2) is 0 Å². The molecule has 0 bridgehead atoms. The van der Waals surface area contributed by atoms with Crippen molar-refractivity contribution in [3.05, 3.63) is 0 Å². The standard InChI is InChI=1S/C14H26N4O2/c1-3-15-12(19)10-17-6-8-18(9-7-17)14(20)13-11(2)4-5-16-13/h11,13,16H,3-10H2,1-2H3,(H,15,19). The van der Waals surface area contributed by atoms with Gasteiger partial charge in [-0.3, -0.25) is 14.5 Å². The second-order valence-electron chi connectivity index (χ2n) is 5.75. The van der Waals surface area contributed by atoms with Gasteiger partial charge in [-0.2, -0.15) is 0 Å². The Labute approximate surface area is 120 Å². The highest BCUT2D eigenvalue weighted by Crippen LogP contribution is 2.17. The van der Waals surface area contributed by atoms with E-state index in [1.807, 2.05) is 11.8 Å². The first-order valence-corrected chi connectivity index (χ1v) is 7.63. The van der Waals surface area contributed by atoms with E-state index in [1.165, 1.54) is 0 Å². The molecule has 2 rings (SSSR count). The van der Waals surface area contributed by atoms with Crippen molar-refractivity contribution in [3.8, 4) is 0 Å². The van der Waals surface area contributed by atoms with Crippen LogP contribution in [0, 0.1) is 5.92 Å². The number of carbonyl (C=O) groups excluding carboxylic acids is 2. The maximum atomic E-state index is 12.4. The molecule has 2 saturated heterocycles. The third kappa shape index (κ3) is 3.70. The SMILES string of the molecule is CCNC(=O)CN1CCN(C(=O)C2NCCC2C)CC1. The molecular weight excluding hydrogens is 256 g/mol. The summed E-state index contributed by atoms with van der Waals surface area (Å²) in [7, 11) is 0. The molecule has 2 atom stereocenters. The number of likely N-dealkylation sites (N-methyl/N-ethyl adjacent to an activating group) is 1. The van der Waals surface area contributed by atoms with Gasteiger partial charge in [0.25, 0.3) is 0 Å². The van der Waals surface area contributed by atoms with Crippen LogP contribution in [-0.2, 0) is 9.59 Å². The predicted octanol–water partition coefficient (Wildman–Crippen LogP) is -0.735. The van der Waals surface area contributed by atoms with E-state index in [-0.39, 0.29) is 17.9 Å². The lowest BCUT2D eigenvalue weighted by Gasteiger charge is -2.36. The van der Waals surface area contributed by atoms with Gasteiger partial charge in [0.1, 0.15) is 0 Å². The molecule has 2 fully saturated rings. The van der Waals surface area contributed by atoms with Crippen LogP contribution < -0.4 is 10.6 Å². The Bertz CT molecular complexity index is 353. The Balaban J connectivity index is 1.76. The van der Waals surface area contributed by atoms with E-state index >= 15 is 0 Å². The number of nitrogens with one attached hydrogen (secondary N) is 2. The number of hydrogen-bond acceptors (Lipinski definition) is 4. The van der Waals surface area contributed by atoms with Crippen LogP contribution in [0.4, 0.5) is 0 Å². The van der Waals surface area contributed by atoms with Crippen molar-refractivity contribution in [1.29, 1.82) is 0 Å². The molecule has 20 heavy (non-hydrogen) atoms. The first-order valence-electron chi connectivity index (χ1n) is 7.63. The monoisotopic (exact) mass is 282 g/mol. The van der Waals surface area contributed by atoms with Crippen LogP contribution in [0.2, 0.25) is 0 Å². The van der Waals surface area contributed by atoms with E-state index in [1.54, 1.807) is 0 Å². The molecular formula is C14H26N4O2. The third-order valence-electron chi connectivity index (χ3n) is 4.22. The molecule has 114 valence electrons. The highest BCUT2D eigenvalue weighted by Gasteiger charge is 2.33. The first kappa shape index (κ1) is 15.3. The van der Waals surface area contributed by atoms with Gasteiger partial charge in [0.05, 0.1) is 12.6 Å². The summed E-state index contributed by atoms with van der Waals surface area (Å²) in [6.07, 6.45) is 1.08. The van der Waals surface area contributed by atoms with Crippen molar-refractivity contribution in [2.45, 2.75) is 26.3 Å². The molecule has 6 nitrogen and oxygen atoms in total. The molecule has 6 heteroatoms. The van der Waals surface area contributed by atoms with Gasteiger partial charge >= 0.3 is 0 Å². The predicted molar refractivity (Wildman–Crippen MR) is 77.3 cm³/mol. The van der Waals surface area contributed by atoms with Crippen molar-refractivity contribution >= 4 is 11.8 Å². The van der Waals surface area contributed by atoms with Gasteiger partial charge in [-0.25, -0.2) is 0 Å². The maximum absolute atomic E-state index is 12.4. The Hall–Kier alpha value is -1.14. The fraction of sp³-hybridized carbons (Fsp3) is 0.857. The van der Waals surface area contributed by atoms with Crippen LogP contribution >= 0.6 is 0 Å². The van der Waals surface area contributed by atoms with Gasteiger partial charge in [-0.1, -0.05) is 6.92 Å². The van der Waals surface area contributed by atoms with Crippen LogP contribution in [0.3, 0.4) is 0 Å². The number of piperazine rings is 1. The van der Waals surface area contributed by atoms with Gasteiger partial charge in [-0.15, -0.1) is 0 Å². The third-order valence-corrected chi connectivity index (χ3v) is 4.22. The van der Waals surface area contributed by atoms with E-state index < -0.39 is 0 Å². The van der Waals surface area contributed by atoms with Gasteiger partial charge in [-0.05, 0) is 25.8 Å². The molecule has 0 saturated carbocycles. The van der Waals surface area contributed by atoms with Crippen LogP contribution in [0.5, 0.6) is 0 Å². The Morgan fingerprint density at radius 2 is 1.95 bits per heavy atom. The van der Waals surface area contributed by atoms with Gasteiger partial charge in [0.15, 0.2) is 0 Å². The first-order chi connectivity index (χ1) is 9.61. The molecule has 0 aromatic heterocycles. The van der Waals surface area contributed by atoms with Crippen molar-refractivity contribution in [1.82, 2.24) is 20.4 Å². The fourth-order valence-corrected chi connectivity index (χ4v) is 2.94. The molecule has 0 spiro atoms. The molecule has 2 unspecified atom stereocenters. The topological polar surface area (TPSA) is 64.7 Å². The number of amides is 2. The van der Waals surface area contributed by atoms with E-state index in [4.69, 9.17) is 0 Å². The second-order valence-corrected chi connectivity index (χ2v) is 5.75. The molecule has 2 heterocycles. The van der Waals surface area contributed by atoms with E-state index in [9.17, 15) is 9.59 Å². The summed E-state index contributed by atoms with van der Waals surface area (Å²) in [4.78, 5) is 28.0. The molecule has 2 amide bonds. The van der Waals surface area contributed by atoms with Crippen molar-refractivity contribution in [3.63, 3.8) is 0 Å².